The largest absolute Gasteiger partial charge is 0.378 e. The molecule has 0 saturated carbocycles. The van der Waals surface area contributed by atoms with E-state index in [1.807, 2.05) is 0 Å². The molecule has 0 radical (unpaired) electrons. The second kappa shape index (κ2) is 7.49. The van der Waals surface area contributed by atoms with Gasteiger partial charge in [0.05, 0.1) is 6.10 Å². The van der Waals surface area contributed by atoms with Crippen LogP contribution in [0.4, 0.5) is 0 Å². The number of hydrogen-bond acceptors (Lipinski definition) is 2. The lowest BCUT2D eigenvalue weighted by atomic mass is 9.82. The van der Waals surface area contributed by atoms with Gasteiger partial charge in [0.1, 0.15) is 0 Å². The monoisotopic (exact) mass is 255 g/mol. The summed E-state index contributed by atoms with van der Waals surface area (Å²) < 4.78 is 5.87. The van der Waals surface area contributed by atoms with E-state index in [-0.39, 0.29) is 0 Å². The molecule has 1 aliphatic heterocycles. The van der Waals surface area contributed by atoms with Crippen LogP contribution in [0.15, 0.2) is 0 Å². The molecule has 2 heteroatoms. The predicted molar refractivity (Wildman–Crippen MR) is 78.9 cm³/mol. The first-order valence-corrected chi connectivity index (χ1v) is 7.83. The van der Waals surface area contributed by atoms with Crippen molar-refractivity contribution in [2.24, 2.45) is 11.3 Å². The van der Waals surface area contributed by atoms with Gasteiger partial charge in [-0.3, -0.25) is 0 Å². The third kappa shape index (κ3) is 5.27. The summed E-state index contributed by atoms with van der Waals surface area (Å²) >= 11 is 0. The number of ether oxygens (including phenoxy) is 1. The van der Waals surface area contributed by atoms with Crippen molar-refractivity contribution in [2.75, 3.05) is 13.2 Å². The van der Waals surface area contributed by atoms with E-state index in [9.17, 15) is 0 Å². The van der Waals surface area contributed by atoms with Crippen molar-refractivity contribution in [2.45, 2.75) is 78.9 Å². The van der Waals surface area contributed by atoms with Crippen molar-refractivity contribution in [3.63, 3.8) is 0 Å². The maximum atomic E-state index is 5.87. The summed E-state index contributed by atoms with van der Waals surface area (Å²) in [7, 11) is 0. The summed E-state index contributed by atoms with van der Waals surface area (Å²) in [4.78, 5) is 0. The van der Waals surface area contributed by atoms with Crippen LogP contribution in [-0.2, 0) is 4.74 Å². The van der Waals surface area contributed by atoms with Crippen molar-refractivity contribution in [3.05, 3.63) is 0 Å². The van der Waals surface area contributed by atoms with E-state index in [1.54, 1.807) is 0 Å². The molecule has 1 saturated heterocycles. The predicted octanol–water partition coefficient (Wildman–Crippen LogP) is 4.00. The molecule has 0 aromatic carbocycles. The molecule has 0 aromatic rings. The molecule has 0 bridgehead atoms. The van der Waals surface area contributed by atoms with Gasteiger partial charge in [0.2, 0.25) is 0 Å². The highest BCUT2D eigenvalue weighted by Crippen LogP contribution is 2.31. The van der Waals surface area contributed by atoms with Gasteiger partial charge in [-0.05, 0) is 44.1 Å². The van der Waals surface area contributed by atoms with Crippen molar-refractivity contribution in [1.29, 1.82) is 0 Å². The average Bonchev–Trinajstić information content (AvgIpc) is 2.76. The molecular weight excluding hydrogens is 222 g/mol. The highest BCUT2D eigenvalue weighted by Gasteiger charge is 2.33. The van der Waals surface area contributed by atoms with Crippen LogP contribution in [0.25, 0.3) is 0 Å². The molecule has 18 heavy (non-hydrogen) atoms. The summed E-state index contributed by atoms with van der Waals surface area (Å²) in [5.41, 5.74) is 0.438. The Hall–Kier alpha value is -0.0800. The third-order valence-corrected chi connectivity index (χ3v) is 4.04. The van der Waals surface area contributed by atoms with Crippen LogP contribution in [0.2, 0.25) is 0 Å². The van der Waals surface area contributed by atoms with E-state index in [4.69, 9.17) is 4.74 Å². The molecule has 108 valence electrons. The first-order chi connectivity index (χ1) is 8.48. The second-order valence-electron chi connectivity index (χ2n) is 6.93. The summed E-state index contributed by atoms with van der Waals surface area (Å²) in [5.74, 6) is 0.726. The van der Waals surface area contributed by atoms with Crippen LogP contribution in [0.1, 0.15) is 66.7 Å². The van der Waals surface area contributed by atoms with Gasteiger partial charge in [-0.2, -0.15) is 0 Å². The Morgan fingerprint density at radius 3 is 2.56 bits per heavy atom. The zero-order valence-corrected chi connectivity index (χ0v) is 13.1. The van der Waals surface area contributed by atoms with Crippen molar-refractivity contribution >= 4 is 0 Å². The molecule has 3 unspecified atom stereocenters. The normalized spacial score (nSPS) is 26.5. The molecule has 0 spiro atoms. The molecular formula is C16H33NO. The Morgan fingerprint density at radius 2 is 2.00 bits per heavy atom. The minimum Gasteiger partial charge on any atom is -0.378 e. The molecule has 1 aliphatic rings. The Morgan fingerprint density at radius 1 is 1.28 bits per heavy atom. The maximum absolute atomic E-state index is 5.87. The van der Waals surface area contributed by atoms with Crippen LogP contribution in [-0.4, -0.2) is 25.3 Å². The van der Waals surface area contributed by atoms with Crippen LogP contribution in [0.5, 0.6) is 0 Å². The molecule has 1 fully saturated rings. The third-order valence-electron chi connectivity index (χ3n) is 4.04. The summed E-state index contributed by atoms with van der Waals surface area (Å²) in [6, 6.07) is 0.650. The summed E-state index contributed by atoms with van der Waals surface area (Å²) in [6.45, 7) is 13.6. The van der Waals surface area contributed by atoms with Gasteiger partial charge < -0.3 is 10.1 Å². The van der Waals surface area contributed by atoms with E-state index in [2.05, 4.69) is 39.9 Å². The molecule has 1 rings (SSSR count). The van der Waals surface area contributed by atoms with Crippen molar-refractivity contribution in [1.82, 2.24) is 5.32 Å². The van der Waals surface area contributed by atoms with E-state index in [0.29, 0.717) is 17.6 Å². The minimum absolute atomic E-state index is 0.438. The molecule has 0 amide bonds. The zero-order valence-electron chi connectivity index (χ0n) is 13.1. The van der Waals surface area contributed by atoms with Gasteiger partial charge in [0.25, 0.3) is 0 Å². The summed E-state index contributed by atoms with van der Waals surface area (Å²) in [5, 5.41) is 3.77. The Labute approximate surface area is 114 Å². The number of nitrogens with one attached hydrogen (secondary N) is 1. The van der Waals surface area contributed by atoms with Gasteiger partial charge in [0, 0.05) is 18.6 Å². The van der Waals surface area contributed by atoms with Gasteiger partial charge in [-0.1, -0.05) is 34.6 Å². The molecule has 1 heterocycles. The second-order valence-corrected chi connectivity index (χ2v) is 6.93. The molecule has 1 N–H and O–H groups in total. The van der Waals surface area contributed by atoms with Crippen LogP contribution < -0.4 is 5.32 Å². The van der Waals surface area contributed by atoms with E-state index in [1.165, 1.54) is 25.7 Å². The Kier molecular flexibility index (Phi) is 6.65. The van der Waals surface area contributed by atoms with Crippen LogP contribution >= 0.6 is 0 Å². The topological polar surface area (TPSA) is 21.3 Å². The zero-order chi connectivity index (χ0) is 13.6. The number of rotatable bonds is 7. The van der Waals surface area contributed by atoms with Crippen molar-refractivity contribution < 1.29 is 4.74 Å². The van der Waals surface area contributed by atoms with E-state index < -0.39 is 0 Å². The fourth-order valence-electron chi connectivity index (χ4n) is 2.93. The van der Waals surface area contributed by atoms with Gasteiger partial charge >= 0.3 is 0 Å². The fraction of sp³-hybridized carbons (Fsp3) is 1.00. The lowest BCUT2D eigenvalue weighted by molar-refractivity contribution is 0.0749. The standard InChI is InChI=1S/C16H33NO/c1-6-11-17-14(8-10-16(3,4)5)13-9-12-18-15(13)7-2/h13-15,17H,6-12H2,1-5H3. The Bertz CT molecular complexity index is 222. The molecule has 0 aromatic heterocycles. The fourth-order valence-corrected chi connectivity index (χ4v) is 2.93. The quantitative estimate of drug-likeness (QED) is 0.742. The summed E-state index contributed by atoms with van der Waals surface area (Å²) in [6.07, 6.45) is 6.68. The lowest BCUT2D eigenvalue weighted by Gasteiger charge is -2.30. The maximum Gasteiger partial charge on any atom is 0.0616 e. The smallest absolute Gasteiger partial charge is 0.0616 e. The van der Waals surface area contributed by atoms with Gasteiger partial charge in [-0.15, -0.1) is 0 Å². The van der Waals surface area contributed by atoms with Gasteiger partial charge in [0.15, 0.2) is 0 Å². The van der Waals surface area contributed by atoms with E-state index >= 15 is 0 Å². The Balaban J connectivity index is 2.53. The molecule has 3 atom stereocenters. The SMILES string of the molecule is CCCNC(CCC(C)(C)C)C1CCOC1CC. The van der Waals surface area contributed by atoms with Gasteiger partial charge in [-0.25, -0.2) is 0 Å². The first kappa shape index (κ1) is 16.0. The molecule has 0 aliphatic carbocycles. The first-order valence-electron chi connectivity index (χ1n) is 7.83. The van der Waals surface area contributed by atoms with E-state index in [0.717, 1.165) is 25.5 Å². The lowest BCUT2D eigenvalue weighted by Crippen LogP contribution is -2.40. The average molecular weight is 255 g/mol. The van der Waals surface area contributed by atoms with Crippen LogP contribution in [0, 0.1) is 11.3 Å². The van der Waals surface area contributed by atoms with Crippen molar-refractivity contribution in [3.8, 4) is 0 Å². The molecule has 2 nitrogen and oxygen atoms in total. The van der Waals surface area contributed by atoms with Crippen LogP contribution in [0.3, 0.4) is 0 Å². The minimum atomic E-state index is 0.438. The number of hydrogen-bond donors (Lipinski definition) is 1. The highest BCUT2D eigenvalue weighted by atomic mass is 16.5. The highest BCUT2D eigenvalue weighted by molar-refractivity contribution is 4.86.